The molecule has 0 unspecified atom stereocenters. The van der Waals surface area contributed by atoms with Crippen LogP contribution < -0.4 is 10.6 Å². The van der Waals surface area contributed by atoms with E-state index in [9.17, 15) is 4.79 Å². The Kier molecular flexibility index (Phi) is 7.10. The van der Waals surface area contributed by atoms with Gasteiger partial charge < -0.3 is 14.2 Å². The Labute approximate surface area is 227 Å². The highest BCUT2D eigenvalue weighted by atomic mass is 35.5. The second-order valence-corrected chi connectivity index (χ2v) is 9.38. The molecule has 0 aliphatic heterocycles. The van der Waals surface area contributed by atoms with Gasteiger partial charge in [-0.25, -0.2) is 4.98 Å². The maximum Gasteiger partial charge on any atom is 0.250 e. The van der Waals surface area contributed by atoms with E-state index in [-0.39, 0.29) is 5.11 Å². The Balaban J connectivity index is 1.25. The van der Waals surface area contributed by atoms with E-state index in [0.717, 1.165) is 16.9 Å². The molecule has 1 amide bonds. The number of furan rings is 1. The Hall–Kier alpha value is -3.91. The number of oxazole rings is 1. The van der Waals surface area contributed by atoms with Crippen molar-refractivity contribution >= 4 is 69.3 Å². The molecule has 2 heterocycles. The van der Waals surface area contributed by atoms with Crippen LogP contribution in [0, 0.1) is 6.92 Å². The first kappa shape index (κ1) is 24.8. The first-order valence-electron chi connectivity index (χ1n) is 11.2. The second-order valence-electron chi connectivity index (χ2n) is 8.13. The molecule has 0 spiro atoms. The van der Waals surface area contributed by atoms with Gasteiger partial charge in [0.05, 0.1) is 5.02 Å². The van der Waals surface area contributed by atoms with Gasteiger partial charge in [-0.3, -0.25) is 10.1 Å². The third-order valence-electron chi connectivity index (χ3n) is 5.46. The molecule has 0 saturated carbocycles. The van der Waals surface area contributed by atoms with Crippen molar-refractivity contribution in [3.05, 3.63) is 100 Å². The molecule has 3 aromatic carbocycles. The number of carbonyl (C=O) groups excluding carboxylic acids is 1. The number of aromatic nitrogens is 1. The zero-order valence-corrected chi connectivity index (χ0v) is 21.7. The predicted octanol–water partition coefficient (Wildman–Crippen LogP) is 7.90. The Morgan fingerprint density at radius 2 is 1.78 bits per heavy atom. The third kappa shape index (κ3) is 5.75. The van der Waals surface area contributed by atoms with E-state index in [4.69, 9.17) is 44.3 Å². The van der Waals surface area contributed by atoms with Crippen molar-refractivity contribution in [2.75, 3.05) is 5.32 Å². The van der Waals surface area contributed by atoms with Gasteiger partial charge >= 0.3 is 0 Å². The van der Waals surface area contributed by atoms with Gasteiger partial charge in [-0.15, -0.1) is 0 Å². The zero-order chi connectivity index (χ0) is 25.9. The number of nitrogens with one attached hydrogen (secondary N) is 2. The van der Waals surface area contributed by atoms with Gasteiger partial charge in [0.15, 0.2) is 10.7 Å². The van der Waals surface area contributed by atoms with Crippen molar-refractivity contribution in [1.29, 1.82) is 0 Å². The van der Waals surface area contributed by atoms with Gasteiger partial charge in [0.1, 0.15) is 17.0 Å². The highest BCUT2D eigenvalue weighted by molar-refractivity contribution is 7.80. The maximum atomic E-state index is 12.4. The molecule has 0 atom stereocenters. The van der Waals surface area contributed by atoms with Crippen molar-refractivity contribution < 1.29 is 13.6 Å². The molecule has 9 heteroatoms. The summed E-state index contributed by atoms with van der Waals surface area (Å²) in [6.45, 7) is 1.92. The standard InChI is InChI=1S/C28H19Cl2N3O3S/c1-16-7-8-18(27-31-23-15-19(29)14-21(30)26(23)36-27)13-22(16)32-28(37)33-25(34)12-10-20-9-11-24(35-20)17-5-3-2-4-6-17/h2-15H,1H3,(H2,32,33,34,37)/b12-10+. The molecule has 6 nitrogen and oxygen atoms in total. The van der Waals surface area contributed by atoms with Crippen LogP contribution in [0.5, 0.6) is 0 Å². The third-order valence-corrected chi connectivity index (χ3v) is 6.17. The fraction of sp³-hybridized carbons (Fsp3) is 0.0357. The summed E-state index contributed by atoms with van der Waals surface area (Å²) in [6, 6.07) is 22.3. The van der Waals surface area contributed by atoms with Crippen LogP contribution in [-0.4, -0.2) is 16.0 Å². The number of carbonyl (C=O) groups is 1. The van der Waals surface area contributed by atoms with Gasteiger partial charge in [-0.1, -0.05) is 59.6 Å². The van der Waals surface area contributed by atoms with Crippen molar-refractivity contribution in [2.45, 2.75) is 6.92 Å². The molecule has 37 heavy (non-hydrogen) atoms. The quantitative estimate of drug-likeness (QED) is 0.172. The van der Waals surface area contributed by atoms with Gasteiger partial charge in [0.25, 0.3) is 0 Å². The van der Waals surface area contributed by atoms with Crippen LogP contribution in [0.1, 0.15) is 11.3 Å². The van der Waals surface area contributed by atoms with Crippen LogP contribution in [0.15, 0.2) is 87.7 Å². The SMILES string of the molecule is Cc1ccc(-c2nc3cc(Cl)cc(Cl)c3o2)cc1NC(=S)NC(=O)/C=C/c1ccc(-c2ccccc2)o1. The van der Waals surface area contributed by atoms with E-state index in [1.165, 1.54) is 6.08 Å². The summed E-state index contributed by atoms with van der Waals surface area (Å²) in [5, 5.41) is 6.70. The number of hydrogen-bond donors (Lipinski definition) is 2. The normalized spacial score (nSPS) is 11.2. The van der Waals surface area contributed by atoms with Crippen LogP contribution in [0.25, 0.3) is 40.0 Å². The van der Waals surface area contributed by atoms with E-state index in [1.807, 2.05) is 61.5 Å². The maximum absolute atomic E-state index is 12.4. The van der Waals surface area contributed by atoms with Gasteiger partial charge in [-0.05, 0) is 67.2 Å². The van der Waals surface area contributed by atoms with E-state index >= 15 is 0 Å². The van der Waals surface area contributed by atoms with E-state index < -0.39 is 5.91 Å². The summed E-state index contributed by atoms with van der Waals surface area (Å²) in [4.78, 5) is 16.9. The Bertz CT molecular complexity index is 1660. The molecule has 0 aliphatic rings. The lowest BCUT2D eigenvalue weighted by molar-refractivity contribution is -0.115. The number of hydrogen-bond acceptors (Lipinski definition) is 5. The molecule has 0 bridgehead atoms. The molecule has 184 valence electrons. The minimum absolute atomic E-state index is 0.145. The lowest BCUT2D eigenvalue weighted by atomic mass is 10.1. The number of nitrogens with zero attached hydrogens (tertiary/aromatic N) is 1. The number of aryl methyl sites for hydroxylation is 1. The average molecular weight is 548 g/mol. The van der Waals surface area contributed by atoms with Crippen molar-refractivity contribution in [2.24, 2.45) is 0 Å². The van der Waals surface area contributed by atoms with Crippen LogP contribution in [-0.2, 0) is 4.79 Å². The van der Waals surface area contributed by atoms with Crippen molar-refractivity contribution in [3.63, 3.8) is 0 Å². The largest absolute Gasteiger partial charge is 0.457 e. The number of halogens is 2. The summed E-state index contributed by atoms with van der Waals surface area (Å²) in [5.74, 6) is 1.26. The summed E-state index contributed by atoms with van der Waals surface area (Å²) in [7, 11) is 0. The fourth-order valence-electron chi connectivity index (χ4n) is 3.64. The van der Waals surface area contributed by atoms with E-state index in [1.54, 1.807) is 24.3 Å². The van der Waals surface area contributed by atoms with Crippen molar-refractivity contribution in [3.8, 4) is 22.8 Å². The first-order chi connectivity index (χ1) is 17.9. The van der Waals surface area contributed by atoms with E-state index in [2.05, 4.69) is 15.6 Å². The molecular formula is C28H19Cl2N3O3S. The minimum atomic E-state index is -0.394. The molecular weight excluding hydrogens is 529 g/mol. The number of thiocarbonyl (C=S) groups is 1. The molecule has 0 fully saturated rings. The van der Waals surface area contributed by atoms with E-state index in [0.29, 0.717) is 44.0 Å². The number of rotatable bonds is 5. The topological polar surface area (TPSA) is 80.3 Å². The molecule has 0 radical (unpaired) electrons. The highest BCUT2D eigenvalue weighted by Crippen LogP contribution is 2.33. The molecule has 5 aromatic rings. The number of fused-ring (bicyclic) bond motifs is 1. The smallest absolute Gasteiger partial charge is 0.250 e. The molecule has 0 aliphatic carbocycles. The summed E-state index contributed by atoms with van der Waals surface area (Å²) < 4.78 is 11.6. The lowest BCUT2D eigenvalue weighted by Crippen LogP contribution is -2.33. The van der Waals surface area contributed by atoms with Gasteiger partial charge in [0.2, 0.25) is 11.8 Å². The summed E-state index contributed by atoms with van der Waals surface area (Å²) in [5.41, 5.74) is 4.29. The molecule has 2 N–H and O–H groups in total. The highest BCUT2D eigenvalue weighted by Gasteiger charge is 2.14. The van der Waals surface area contributed by atoms with Gasteiger partial charge in [-0.2, -0.15) is 0 Å². The zero-order valence-electron chi connectivity index (χ0n) is 19.4. The second kappa shape index (κ2) is 10.6. The van der Waals surface area contributed by atoms with Crippen LogP contribution in [0.3, 0.4) is 0 Å². The van der Waals surface area contributed by atoms with Crippen LogP contribution in [0.4, 0.5) is 5.69 Å². The van der Waals surface area contributed by atoms with Crippen LogP contribution in [0.2, 0.25) is 10.0 Å². The Morgan fingerprint density at radius 3 is 2.59 bits per heavy atom. The fourth-order valence-corrected chi connectivity index (χ4v) is 4.37. The molecule has 2 aromatic heterocycles. The number of anilines is 1. The Morgan fingerprint density at radius 1 is 0.973 bits per heavy atom. The van der Waals surface area contributed by atoms with Crippen LogP contribution >= 0.6 is 35.4 Å². The summed E-state index contributed by atoms with van der Waals surface area (Å²) in [6.07, 6.45) is 2.94. The number of benzene rings is 3. The molecule has 5 rings (SSSR count). The summed E-state index contributed by atoms with van der Waals surface area (Å²) >= 11 is 17.6. The number of amides is 1. The average Bonchev–Trinajstić information content (AvgIpc) is 3.52. The predicted molar refractivity (Wildman–Crippen MR) is 152 cm³/mol. The van der Waals surface area contributed by atoms with Crippen molar-refractivity contribution in [1.82, 2.24) is 10.3 Å². The molecule has 0 saturated heterocycles. The lowest BCUT2D eigenvalue weighted by Gasteiger charge is -2.11. The monoisotopic (exact) mass is 547 g/mol. The minimum Gasteiger partial charge on any atom is -0.457 e. The first-order valence-corrected chi connectivity index (χ1v) is 12.3. The van der Waals surface area contributed by atoms with Gasteiger partial charge in [0, 0.05) is 27.9 Å².